The van der Waals surface area contributed by atoms with Crippen LogP contribution in [-0.2, 0) is 96.0 Å². The van der Waals surface area contributed by atoms with E-state index in [9.17, 15) is 107 Å². The van der Waals surface area contributed by atoms with Gasteiger partial charge in [-0.1, -0.05) is 44.2 Å². The maximum Gasteiger partial charge on any atom is 0.326 e. The van der Waals surface area contributed by atoms with Crippen LogP contribution in [-0.4, -0.2) is 262 Å². The van der Waals surface area contributed by atoms with Gasteiger partial charge in [-0.15, -0.1) is 0 Å². The summed E-state index contributed by atoms with van der Waals surface area (Å²) in [6, 6.07) is -10.8. The summed E-state index contributed by atoms with van der Waals surface area (Å²) in [4.78, 5) is 226. The minimum absolute atomic E-state index is 0.0400. The number of imidazole rings is 1. The van der Waals surface area contributed by atoms with Crippen LogP contribution in [0, 0.1) is 11.3 Å². The number of phenolic OH excluding ortho intramolecular Hbond substituents is 1. The van der Waals surface area contributed by atoms with Crippen molar-refractivity contribution in [3.63, 3.8) is 0 Å². The number of fused-ring (bicyclic) bond motifs is 1. The van der Waals surface area contributed by atoms with Crippen molar-refractivity contribution in [3.8, 4) is 5.75 Å². The number of carbonyl (C=O) groups is 16. The Balaban J connectivity index is 1.53. The van der Waals surface area contributed by atoms with Crippen molar-refractivity contribution in [3.05, 3.63) is 84.1 Å². The minimum atomic E-state index is -2.10. The number of aliphatic carboxylic acids is 1. The highest BCUT2D eigenvalue weighted by Gasteiger charge is 2.40. The summed E-state index contributed by atoms with van der Waals surface area (Å²) >= 11 is 4.18. The molecule has 0 spiro atoms. The molecule has 2 heterocycles. The van der Waals surface area contributed by atoms with Crippen molar-refractivity contribution in [2.24, 2.45) is 34.6 Å². The molecule has 32 N–H and O–H groups in total. The van der Waals surface area contributed by atoms with E-state index in [1.165, 1.54) is 50.6 Å². The molecular weight excluding hydrogens is 1510 g/mol. The number of carboxylic acids is 1. The van der Waals surface area contributed by atoms with Gasteiger partial charge in [0.05, 0.1) is 44.2 Å². The van der Waals surface area contributed by atoms with Gasteiger partial charge in [0.1, 0.15) is 78.3 Å². The topological polar surface area (TPSA) is 749 Å². The molecule has 2 aromatic heterocycles. The quantitative estimate of drug-likeness (QED) is 0.00845. The second kappa shape index (κ2) is 45.9. The van der Waals surface area contributed by atoms with Crippen molar-refractivity contribution in [1.29, 1.82) is 5.41 Å². The largest absolute Gasteiger partial charge is 0.508 e. The molecule has 2 aromatic carbocycles. The third-order valence-electron chi connectivity index (χ3n) is 17.2. The van der Waals surface area contributed by atoms with Gasteiger partial charge >= 0.3 is 5.97 Å². The van der Waals surface area contributed by atoms with E-state index in [4.69, 9.17) is 34.1 Å². The zero-order valence-corrected chi connectivity index (χ0v) is 62.9. The second-order valence-electron chi connectivity index (χ2n) is 26.6. The number of aromatic nitrogens is 3. The number of nitrogens with one attached hydrogen (secondary N) is 16. The van der Waals surface area contributed by atoms with Crippen molar-refractivity contribution in [2.45, 2.75) is 183 Å². The molecule has 0 aliphatic heterocycles. The van der Waals surface area contributed by atoms with Gasteiger partial charge in [0.2, 0.25) is 88.6 Å². The fourth-order valence-corrected chi connectivity index (χ4v) is 11.2. The van der Waals surface area contributed by atoms with Gasteiger partial charge in [-0.3, -0.25) is 77.3 Å². The van der Waals surface area contributed by atoms with Crippen LogP contribution in [0.3, 0.4) is 0 Å². The highest BCUT2D eigenvalue weighted by molar-refractivity contribution is 7.80. The molecule has 15 amide bonds. The van der Waals surface area contributed by atoms with Crippen LogP contribution in [0.1, 0.15) is 89.5 Å². The molecule has 0 unspecified atom stereocenters. The first-order chi connectivity index (χ1) is 53.3. The predicted octanol–water partition coefficient (Wildman–Crippen LogP) is -10.1. The standard InChI is InChI=1S/C68H100N22O22S/c1-30(2)52(67(111)112)88-61(105)43(20-33-11-13-36(95)14-12-33)83-63(107)47(27-92)85-56(100)42(16-18-50(71)97)81-65(109)53(31(3)93)90-66(110)54(32(4)94)89-58(102)40(10-7-19-76-68(73)74)79-64(108)48(28-113)87-57(101)41(15-17-49(70)96)80-62(106)46(26-91)86-60(104)45(23-51(72)98)84-59(103)44(21-34-24-77-39-9-6-5-8-37(34)39)82-55(99)38(69)22-35-25-75-29-78-35/h5-6,8-9,11-14,24-25,29-32,38,40-48,52-54,77,91-95,113H,7,10,15-23,26-28,69H2,1-4H3,(H2,70,96)(H2,71,97)(H2,72,98)(H,75,78)(H,79,108)(H,80,106)(H,81,109)(H,82,99)(H,83,107)(H,84,103)(H,85,100)(H,86,104)(H,87,101)(H,88,105)(H,89,102)(H,90,110)(H,111,112)(H4,73,74,76)/t31-,32-,38+,40+,41+,42+,43+,44+,45+,46+,47+,48+,52+,53+,54+/m1/s1. The number of primary amides is 3. The number of aromatic hydroxyl groups is 1. The van der Waals surface area contributed by atoms with E-state index in [0.717, 1.165) is 13.8 Å². The van der Waals surface area contributed by atoms with E-state index in [1.807, 2.05) is 0 Å². The van der Waals surface area contributed by atoms with E-state index in [2.05, 4.69) is 96.7 Å². The number of hydrogen-bond acceptors (Lipinski definition) is 25. The molecule has 0 saturated carbocycles. The Bertz CT molecular complexity index is 4000. The molecule has 0 saturated heterocycles. The molecule has 113 heavy (non-hydrogen) atoms. The number of guanidine groups is 1. The molecule has 620 valence electrons. The summed E-state index contributed by atoms with van der Waals surface area (Å²) in [7, 11) is 0. The zero-order valence-electron chi connectivity index (χ0n) is 62.0. The number of amides is 15. The molecule has 45 heteroatoms. The van der Waals surface area contributed by atoms with Crippen LogP contribution >= 0.6 is 12.6 Å². The normalized spacial score (nSPS) is 15.1. The number of aliphatic hydroxyl groups is 4. The number of para-hydroxylation sites is 1. The molecule has 44 nitrogen and oxygen atoms in total. The van der Waals surface area contributed by atoms with Gasteiger partial charge in [0.15, 0.2) is 5.96 Å². The fraction of sp³-hybridized carbons (Fsp3) is 0.500. The van der Waals surface area contributed by atoms with Crippen molar-refractivity contribution >= 4 is 124 Å². The first-order valence-electron chi connectivity index (χ1n) is 35.3. The maximum atomic E-state index is 14.3. The molecule has 4 aromatic rings. The summed E-state index contributed by atoms with van der Waals surface area (Å²) in [5.74, 6) is -21.0. The van der Waals surface area contributed by atoms with Crippen LogP contribution in [0.15, 0.2) is 67.3 Å². The molecule has 4 rings (SSSR count). The zero-order chi connectivity index (χ0) is 84.5. The number of nitrogens with two attached hydrogens (primary N) is 5. The number of hydrogen-bond donors (Lipinski definition) is 28. The molecule has 0 aliphatic carbocycles. The summed E-state index contributed by atoms with van der Waals surface area (Å²) in [6.07, 6.45) is -3.89. The number of benzene rings is 2. The lowest BCUT2D eigenvalue weighted by Gasteiger charge is -2.29. The van der Waals surface area contributed by atoms with E-state index in [1.54, 1.807) is 30.5 Å². The van der Waals surface area contributed by atoms with E-state index >= 15 is 0 Å². The number of carboxylic acid groups (broad SMARTS) is 1. The average Bonchev–Trinajstić information content (AvgIpc) is 1.71. The summed E-state index contributed by atoms with van der Waals surface area (Å²) in [6.45, 7) is 2.46. The van der Waals surface area contributed by atoms with Crippen LogP contribution in [0.25, 0.3) is 10.9 Å². The highest BCUT2D eigenvalue weighted by atomic mass is 32.1. The first-order valence-corrected chi connectivity index (χ1v) is 36.0. The lowest BCUT2D eigenvalue weighted by atomic mass is 10.0. The smallest absolute Gasteiger partial charge is 0.326 e. The summed E-state index contributed by atoms with van der Waals surface area (Å²) in [5.41, 5.74) is 29.9. The van der Waals surface area contributed by atoms with Gasteiger partial charge < -0.3 is 138 Å². The number of H-pyrrole nitrogens is 2. The monoisotopic (exact) mass is 1610 g/mol. The number of aliphatic hydroxyl groups excluding tert-OH is 4. The third-order valence-corrected chi connectivity index (χ3v) is 17.5. The molecule has 0 fully saturated rings. The van der Waals surface area contributed by atoms with Crippen molar-refractivity contribution < 1.29 is 107 Å². The molecule has 0 aliphatic rings. The maximum absolute atomic E-state index is 14.3. The Kier molecular flexibility index (Phi) is 37.9. The van der Waals surface area contributed by atoms with Crippen LogP contribution < -0.4 is 97.8 Å². The number of thiol groups is 1. The number of nitrogens with zero attached hydrogens (tertiary/aromatic N) is 1. The van der Waals surface area contributed by atoms with Gasteiger partial charge in [0.25, 0.3) is 0 Å². The van der Waals surface area contributed by atoms with Gasteiger partial charge in [-0.2, -0.15) is 12.6 Å². The highest BCUT2D eigenvalue weighted by Crippen LogP contribution is 2.20. The molecule has 0 radical (unpaired) electrons. The second-order valence-corrected chi connectivity index (χ2v) is 27.0. The SMILES string of the molecule is CC(C)[C@H](NC(=O)[C@H](Cc1ccc(O)cc1)NC(=O)[C@H](CO)NC(=O)[C@H](CCC(N)=O)NC(=O)[C@@H](NC(=O)[C@@H](NC(=O)[C@H](CCCNC(=N)N)NC(=O)[C@H](CS)NC(=O)[C@H](CCC(N)=O)NC(=O)[C@H](CO)NC(=O)[C@H](CC(N)=O)NC(=O)[C@H](Cc1c[nH]c2ccccc12)NC(=O)[C@@H](N)Cc1cnc[nH]1)[C@@H](C)O)[C@@H](C)O)C(=O)O. The summed E-state index contributed by atoms with van der Waals surface area (Å²) < 4.78 is 0. The third kappa shape index (κ3) is 31.0. The first kappa shape index (κ1) is 93.3. The average molecular weight is 1610 g/mol. The van der Waals surface area contributed by atoms with E-state index in [-0.39, 0.29) is 44.4 Å². The number of carbonyl (C=O) groups excluding carboxylic acids is 15. The number of aromatic amines is 2. The minimum Gasteiger partial charge on any atom is -0.508 e. The Morgan fingerprint density at radius 1 is 0.496 bits per heavy atom. The number of phenols is 1. The molecular formula is C68H100N22O22S. The summed E-state index contributed by atoms with van der Waals surface area (Å²) in [5, 5.41) is 100. The lowest BCUT2D eigenvalue weighted by Crippen LogP contribution is -2.63. The van der Waals surface area contributed by atoms with Gasteiger partial charge in [-0.05, 0) is 74.8 Å². The van der Waals surface area contributed by atoms with Crippen LogP contribution in [0.2, 0.25) is 0 Å². The van der Waals surface area contributed by atoms with Crippen LogP contribution in [0.4, 0.5) is 0 Å². The fourth-order valence-electron chi connectivity index (χ4n) is 11.0. The van der Waals surface area contributed by atoms with E-state index < -0.39 is 248 Å². The van der Waals surface area contributed by atoms with Crippen molar-refractivity contribution in [1.82, 2.24) is 84.1 Å². The number of rotatable bonds is 49. The molecule has 15 atom stereocenters. The van der Waals surface area contributed by atoms with Gasteiger partial charge in [0, 0.05) is 73.4 Å². The molecule has 0 bridgehead atoms. The lowest BCUT2D eigenvalue weighted by molar-refractivity contribution is -0.143. The predicted molar refractivity (Wildman–Crippen MR) is 401 cm³/mol. The van der Waals surface area contributed by atoms with Crippen molar-refractivity contribution in [2.75, 3.05) is 25.5 Å². The Labute approximate surface area is 651 Å². The van der Waals surface area contributed by atoms with Gasteiger partial charge in [-0.25, -0.2) is 9.78 Å². The Hall–Kier alpha value is -12.1. The Morgan fingerprint density at radius 2 is 0.920 bits per heavy atom. The van der Waals surface area contributed by atoms with Crippen LogP contribution in [0.5, 0.6) is 5.75 Å². The van der Waals surface area contributed by atoms with E-state index in [0.29, 0.717) is 27.7 Å². The Morgan fingerprint density at radius 3 is 1.42 bits per heavy atom.